The third-order valence-corrected chi connectivity index (χ3v) is 1.85. The van der Waals surface area contributed by atoms with Crippen molar-refractivity contribution in [3.05, 3.63) is 0 Å². The van der Waals surface area contributed by atoms with Crippen LogP contribution in [0, 0.1) is 34.0 Å². The quantitative estimate of drug-likeness (QED) is 0.452. The number of rotatable bonds is 8. The summed E-state index contributed by atoms with van der Waals surface area (Å²) >= 11 is 0. The molecule has 5 nitrogen and oxygen atoms in total. The number of nitrogens with one attached hydrogen (secondary N) is 1. The maximum Gasteiger partial charge on any atom is 0.0866 e. The highest BCUT2D eigenvalue weighted by atomic mass is 15.1. The van der Waals surface area contributed by atoms with Gasteiger partial charge in [-0.2, -0.15) is 15.8 Å². The summed E-state index contributed by atoms with van der Waals surface area (Å²) in [5.41, 5.74) is 0. The van der Waals surface area contributed by atoms with E-state index in [4.69, 9.17) is 15.8 Å². The molecule has 0 fully saturated rings. The van der Waals surface area contributed by atoms with Crippen LogP contribution in [0.3, 0.4) is 0 Å². The van der Waals surface area contributed by atoms with Crippen LogP contribution in [0.15, 0.2) is 0 Å². The molecule has 1 N–H and O–H groups in total. The largest absolute Gasteiger partial charge is 0.314 e. The minimum absolute atomic E-state index is 0.349. The molecule has 0 radical (unpaired) electrons. The third-order valence-electron chi connectivity index (χ3n) is 1.85. The minimum atomic E-state index is 0.349. The van der Waals surface area contributed by atoms with Gasteiger partial charge in [0.25, 0.3) is 0 Å². The molecule has 0 aromatic heterocycles. The Morgan fingerprint density at radius 1 is 0.867 bits per heavy atom. The molecule has 15 heavy (non-hydrogen) atoms. The predicted octanol–water partition coefficient (Wildman–Crippen LogP) is 0.229. The summed E-state index contributed by atoms with van der Waals surface area (Å²) in [6.07, 6.45) is 0.941. The Morgan fingerprint density at radius 3 is 2.20 bits per heavy atom. The maximum absolute atomic E-state index is 8.54. The first kappa shape index (κ1) is 13.4. The molecule has 0 heterocycles. The van der Waals surface area contributed by atoms with Crippen molar-refractivity contribution in [2.75, 3.05) is 32.7 Å². The second-order valence-electron chi connectivity index (χ2n) is 3.00. The molecule has 0 aromatic carbocycles. The van der Waals surface area contributed by atoms with Gasteiger partial charge in [0.15, 0.2) is 0 Å². The number of hydrogen-bond donors (Lipinski definition) is 1. The highest BCUT2D eigenvalue weighted by Gasteiger charge is 2.02. The van der Waals surface area contributed by atoms with E-state index in [1.165, 1.54) is 0 Å². The van der Waals surface area contributed by atoms with Crippen LogP contribution in [0.1, 0.15) is 12.8 Å². The van der Waals surface area contributed by atoms with Gasteiger partial charge < -0.3 is 5.32 Å². The summed E-state index contributed by atoms with van der Waals surface area (Å²) < 4.78 is 0. The van der Waals surface area contributed by atoms with Gasteiger partial charge in [-0.05, 0) is 0 Å². The lowest BCUT2D eigenvalue weighted by molar-refractivity contribution is 0.311. The van der Waals surface area contributed by atoms with Gasteiger partial charge in [-0.1, -0.05) is 0 Å². The van der Waals surface area contributed by atoms with Gasteiger partial charge in [0.2, 0.25) is 0 Å². The van der Waals surface area contributed by atoms with E-state index in [1.54, 1.807) is 0 Å². The highest BCUT2D eigenvalue weighted by molar-refractivity contribution is 4.80. The second kappa shape index (κ2) is 10.5. The number of hydrogen-bond acceptors (Lipinski definition) is 5. The number of nitriles is 3. The molecule has 0 saturated carbocycles. The standard InChI is InChI=1S/C10H15N5/c11-3-1-6-14-7-10-15(9-5-13)8-2-4-12/h14H,1-2,6-10H2. The van der Waals surface area contributed by atoms with Crippen molar-refractivity contribution >= 4 is 0 Å². The molecule has 0 amide bonds. The molecule has 0 bridgehead atoms. The zero-order chi connectivity index (χ0) is 11.4. The lowest BCUT2D eigenvalue weighted by atomic mass is 10.4. The van der Waals surface area contributed by atoms with Crippen molar-refractivity contribution in [3.63, 3.8) is 0 Å². The molecule has 0 unspecified atom stereocenters. The zero-order valence-corrected chi connectivity index (χ0v) is 8.74. The average Bonchev–Trinajstić information content (AvgIpc) is 2.25. The molecule has 0 atom stereocenters. The van der Waals surface area contributed by atoms with Gasteiger partial charge >= 0.3 is 0 Å². The maximum atomic E-state index is 8.54. The molecular weight excluding hydrogens is 190 g/mol. The lowest BCUT2D eigenvalue weighted by Gasteiger charge is -2.17. The summed E-state index contributed by atoms with van der Waals surface area (Å²) in [4.78, 5) is 1.92. The van der Waals surface area contributed by atoms with Crippen molar-refractivity contribution in [3.8, 4) is 18.2 Å². The van der Waals surface area contributed by atoms with Crippen LogP contribution in [0.5, 0.6) is 0 Å². The summed E-state index contributed by atoms with van der Waals surface area (Å²) in [6, 6.07) is 6.16. The van der Waals surface area contributed by atoms with Crippen molar-refractivity contribution < 1.29 is 0 Å². The Bertz CT molecular complexity index is 267. The van der Waals surface area contributed by atoms with E-state index >= 15 is 0 Å². The Morgan fingerprint density at radius 2 is 1.60 bits per heavy atom. The van der Waals surface area contributed by atoms with Crippen molar-refractivity contribution in [2.24, 2.45) is 0 Å². The van der Waals surface area contributed by atoms with Gasteiger partial charge in [-0.25, -0.2) is 0 Å². The first-order chi connectivity index (χ1) is 7.35. The summed E-state index contributed by atoms with van der Waals surface area (Å²) in [5.74, 6) is 0. The SMILES string of the molecule is N#CCCNCCN(CC#N)CCC#N. The summed E-state index contributed by atoms with van der Waals surface area (Å²) in [5, 5.41) is 28.3. The Kier molecular flexibility index (Phi) is 9.35. The molecule has 0 aliphatic rings. The third kappa shape index (κ3) is 8.71. The van der Waals surface area contributed by atoms with E-state index in [-0.39, 0.29) is 0 Å². The van der Waals surface area contributed by atoms with Gasteiger partial charge in [0.05, 0.1) is 24.8 Å². The van der Waals surface area contributed by atoms with Crippen LogP contribution in [0.4, 0.5) is 0 Å². The summed E-state index contributed by atoms with van der Waals surface area (Å²) in [7, 11) is 0. The van der Waals surface area contributed by atoms with Crippen molar-refractivity contribution in [1.82, 2.24) is 10.2 Å². The Balaban J connectivity index is 3.54. The van der Waals surface area contributed by atoms with E-state index in [9.17, 15) is 0 Å². The average molecular weight is 205 g/mol. The normalized spacial score (nSPS) is 9.20. The van der Waals surface area contributed by atoms with E-state index in [2.05, 4.69) is 17.5 Å². The van der Waals surface area contributed by atoms with Crippen LogP contribution < -0.4 is 5.32 Å². The predicted molar refractivity (Wildman–Crippen MR) is 55.4 cm³/mol. The van der Waals surface area contributed by atoms with E-state index in [1.807, 2.05) is 11.0 Å². The van der Waals surface area contributed by atoms with Crippen LogP contribution in [0.25, 0.3) is 0 Å². The fourth-order valence-electron chi connectivity index (χ4n) is 1.08. The molecule has 0 rings (SSSR count). The highest BCUT2D eigenvalue weighted by Crippen LogP contribution is 1.89. The minimum Gasteiger partial charge on any atom is -0.314 e. The Labute approximate surface area is 90.5 Å². The van der Waals surface area contributed by atoms with Gasteiger partial charge in [0, 0.05) is 39.0 Å². The molecule has 5 heteroatoms. The molecular formula is C10H15N5. The molecule has 0 spiro atoms. The lowest BCUT2D eigenvalue weighted by Crippen LogP contribution is -2.33. The van der Waals surface area contributed by atoms with E-state index < -0.39 is 0 Å². The van der Waals surface area contributed by atoms with Crippen molar-refractivity contribution in [2.45, 2.75) is 12.8 Å². The monoisotopic (exact) mass is 205 g/mol. The van der Waals surface area contributed by atoms with Crippen LogP contribution in [-0.2, 0) is 0 Å². The topological polar surface area (TPSA) is 86.6 Å². The molecule has 80 valence electrons. The molecule has 0 saturated heterocycles. The molecule has 0 aromatic rings. The van der Waals surface area contributed by atoms with E-state index in [0.717, 1.165) is 13.1 Å². The number of nitrogens with zero attached hydrogens (tertiary/aromatic N) is 4. The Hall–Kier alpha value is -1.61. The van der Waals surface area contributed by atoms with E-state index in [0.29, 0.717) is 32.5 Å². The molecule has 0 aliphatic carbocycles. The first-order valence-corrected chi connectivity index (χ1v) is 4.89. The zero-order valence-electron chi connectivity index (χ0n) is 8.74. The van der Waals surface area contributed by atoms with Crippen LogP contribution >= 0.6 is 0 Å². The van der Waals surface area contributed by atoms with Crippen LogP contribution in [-0.4, -0.2) is 37.6 Å². The summed E-state index contributed by atoms with van der Waals surface area (Å²) in [6.45, 7) is 3.14. The second-order valence-corrected chi connectivity index (χ2v) is 3.00. The van der Waals surface area contributed by atoms with Gasteiger partial charge in [-0.15, -0.1) is 0 Å². The van der Waals surface area contributed by atoms with Gasteiger partial charge in [0.1, 0.15) is 0 Å². The fourth-order valence-corrected chi connectivity index (χ4v) is 1.08. The molecule has 0 aliphatic heterocycles. The van der Waals surface area contributed by atoms with Crippen LogP contribution in [0.2, 0.25) is 0 Å². The fraction of sp³-hybridized carbons (Fsp3) is 0.700. The van der Waals surface area contributed by atoms with Gasteiger partial charge in [-0.3, -0.25) is 4.90 Å². The smallest absolute Gasteiger partial charge is 0.0866 e. The van der Waals surface area contributed by atoms with Crippen molar-refractivity contribution in [1.29, 1.82) is 15.8 Å². The first-order valence-electron chi connectivity index (χ1n) is 4.89.